The molecule has 0 N–H and O–H groups in total. The lowest BCUT2D eigenvalue weighted by Gasteiger charge is -2.12. The molecule has 1 aliphatic heterocycles. The number of ether oxygens (including phenoxy) is 2. The predicted molar refractivity (Wildman–Crippen MR) is 62.2 cm³/mol. The monoisotopic (exact) mass is 232 g/mol. The van der Waals surface area contributed by atoms with Crippen LogP contribution in [-0.4, -0.2) is 18.2 Å². The normalized spacial score (nSPS) is 31.3. The van der Waals surface area contributed by atoms with Crippen LogP contribution in [0, 0.1) is 5.92 Å². The van der Waals surface area contributed by atoms with E-state index in [1.807, 2.05) is 18.2 Å². The molecular formula is C14H16O3. The van der Waals surface area contributed by atoms with Crippen molar-refractivity contribution in [3.63, 3.8) is 0 Å². The summed E-state index contributed by atoms with van der Waals surface area (Å²) >= 11 is 0. The SMILES string of the molecule is O=C1C[C@@H]2C[C@@H](OCc3ccccc3)C[C@@H]2O1. The van der Waals surface area contributed by atoms with Crippen LogP contribution in [0.2, 0.25) is 0 Å². The molecular weight excluding hydrogens is 216 g/mol. The van der Waals surface area contributed by atoms with Gasteiger partial charge in [0, 0.05) is 12.3 Å². The minimum Gasteiger partial charge on any atom is -0.462 e. The Morgan fingerprint density at radius 3 is 2.82 bits per heavy atom. The Balaban J connectivity index is 1.51. The Labute approximate surface area is 101 Å². The average Bonchev–Trinajstić information content (AvgIpc) is 2.84. The molecule has 3 heteroatoms. The molecule has 0 unspecified atom stereocenters. The number of rotatable bonds is 3. The Bertz CT molecular complexity index is 385. The van der Waals surface area contributed by atoms with E-state index >= 15 is 0 Å². The van der Waals surface area contributed by atoms with E-state index in [2.05, 4.69) is 12.1 Å². The number of benzene rings is 1. The fourth-order valence-electron chi connectivity index (χ4n) is 2.75. The lowest BCUT2D eigenvalue weighted by Crippen LogP contribution is -2.13. The number of hydrogen-bond donors (Lipinski definition) is 0. The minimum absolute atomic E-state index is 0.0403. The molecule has 17 heavy (non-hydrogen) atoms. The van der Waals surface area contributed by atoms with Crippen molar-refractivity contribution in [2.45, 2.75) is 38.1 Å². The molecule has 1 aromatic rings. The van der Waals surface area contributed by atoms with Gasteiger partial charge in [0.25, 0.3) is 0 Å². The van der Waals surface area contributed by atoms with Crippen LogP contribution in [0.3, 0.4) is 0 Å². The summed E-state index contributed by atoms with van der Waals surface area (Å²) in [6.45, 7) is 0.652. The Morgan fingerprint density at radius 2 is 2.06 bits per heavy atom. The van der Waals surface area contributed by atoms with Crippen LogP contribution in [0.25, 0.3) is 0 Å². The molecule has 0 radical (unpaired) electrons. The molecule has 1 saturated carbocycles. The summed E-state index contributed by atoms with van der Waals surface area (Å²) < 4.78 is 11.1. The van der Waals surface area contributed by atoms with Crippen LogP contribution in [0.1, 0.15) is 24.8 Å². The minimum atomic E-state index is -0.0403. The van der Waals surface area contributed by atoms with Crippen molar-refractivity contribution in [3.05, 3.63) is 35.9 Å². The topological polar surface area (TPSA) is 35.5 Å². The summed E-state index contributed by atoms with van der Waals surface area (Å²) in [6, 6.07) is 10.2. The summed E-state index contributed by atoms with van der Waals surface area (Å²) in [4.78, 5) is 11.1. The van der Waals surface area contributed by atoms with Crippen molar-refractivity contribution in [1.82, 2.24) is 0 Å². The number of carbonyl (C=O) groups is 1. The van der Waals surface area contributed by atoms with Gasteiger partial charge in [0.2, 0.25) is 0 Å². The van der Waals surface area contributed by atoms with Gasteiger partial charge in [-0.05, 0) is 12.0 Å². The van der Waals surface area contributed by atoms with E-state index in [0.29, 0.717) is 18.9 Å². The van der Waals surface area contributed by atoms with Gasteiger partial charge in [0.05, 0.1) is 19.1 Å². The third-order valence-electron chi connectivity index (χ3n) is 3.63. The summed E-state index contributed by atoms with van der Waals surface area (Å²) in [6.07, 6.45) is 2.77. The Morgan fingerprint density at radius 1 is 1.24 bits per heavy atom. The fraction of sp³-hybridized carbons (Fsp3) is 0.500. The van der Waals surface area contributed by atoms with Gasteiger partial charge < -0.3 is 9.47 Å². The summed E-state index contributed by atoms with van der Waals surface area (Å²) in [5.41, 5.74) is 1.20. The van der Waals surface area contributed by atoms with Gasteiger partial charge in [0.15, 0.2) is 0 Å². The highest BCUT2D eigenvalue weighted by Crippen LogP contribution is 2.38. The van der Waals surface area contributed by atoms with Crippen molar-refractivity contribution in [1.29, 1.82) is 0 Å². The van der Waals surface area contributed by atoms with Crippen LogP contribution in [0.5, 0.6) is 0 Å². The van der Waals surface area contributed by atoms with E-state index in [-0.39, 0.29) is 18.2 Å². The number of fused-ring (bicyclic) bond motifs is 1. The highest BCUT2D eigenvalue weighted by molar-refractivity contribution is 5.72. The van der Waals surface area contributed by atoms with Gasteiger partial charge in [-0.2, -0.15) is 0 Å². The van der Waals surface area contributed by atoms with Crippen LogP contribution < -0.4 is 0 Å². The maximum Gasteiger partial charge on any atom is 0.306 e. The summed E-state index contributed by atoms with van der Waals surface area (Å²) in [5.74, 6) is 0.352. The van der Waals surface area contributed by atoms with Gasteiger partial charge in [0.1, 0.15) is 6.10 Å². The molecule has 2 aliphatic rings. The first kappa shape index (κ1) is 10.8. The van der Waals surface area contributed by atoms with Crippen LogP contribution in [0.15, 0.2) is 30.3 Å². The van der Waals surface area contributed by atoms with Gasteiger partial charge in [-0.3, -0.25) is 4.79 Å². The van der Waals surface area contributed by atoms with E-state index in [4.69, 9.17) is 9.47 Å². The molecule has 1 aromatic carbocycles. The Hall–Kier alpha value is -1.35. The highest BCUT2D eigenvalue weighted by Gasteiger charge is 2.43. The van der Waals surface area contributed by atoms with E-state index in [1.54, 1.807) is 0 Å². The van der Waals surface area contributed by atoms with Gasteiger partial charge in [-0.25, -0.2) is 0 Å². The van der Waals surface area contributed by atoms with Gasteiger partial charge in [-0.1, -0.05) is 30.3 Å². The zero-order valence-electron chi connectivity index (χ0n) is 9.67. The molecule has 3 atom stereocenters. The smallest absolute Gasteiger partial charge is 0.306 e. The van der Waals surface area contributed by atoms with Crippen molar-refractivity contribution in [3.8, 4) is 0 Å². The van der Waals surface area contributed by atoms with E-state index in [0.717, 1.165) is 12.8 Å². The fourth-order valence-corrected chi connectivity index (χ4v) is 2.75. The number of esters is 1. The van der Waals surface area contributed by atoms with Crippen molar-refractivity contribution in [2.24, 2.45) is 5.92 Å². The Kier molecular flexibility index (Phi) is 2.85. The first-order valence-electron chi connectivity index (χ1n) is 6.16. The maximum absolute atomic E-state index is 11.1. The third-order valence-corrected chi connectivity index (χ3v) is 3.63. The largest absolute Gasteiger partial charge is 0.462 e. The second-order valence-corrected chi connectivity index (χ2v) is 4.88. The highest BCUT2D eigenvalue weighted by atomic mass is 16.6. The lowest BCUT2D eigenvalue weighted by molar-refractivity contribution is -0.142. The molecule has 90 valence electrons. The maximum atomic E-state index is 11.1. The molecule has 3 nitrogen and oxygen atoms in total. The summed E-state index contributed by atoms with van der Waals surface area (Å²) in [5, 5.41) is 0. The average molecular weight is 232 g/mol. The van der Waals surface area contributed by atoms with Crippen molar-refractivity contribution >= 4 is 5.97 Å². The van der Waals surface area contributed by atoms with Crippen molar-refractivity contribution < 1.29 is 14.3 Å². The first-order valence-corrected chi connectivity index (χ1v) is 6.16. The van der Waals surface area contributed by atoms with Crippen LogP contribution in [0.4, 0.5) is 0 Å². The van der Waals surface area contributed by atoms with Gasteiger partial charge in [-0.15, -0.1) is 0 Å². The molecule has 0 bridgehead atoms. The molecule has 1 aliphatic carbocycles. The molecule has 2 fully saturated rings. The third kappa shape index (κ3) is 2.34. The van der Waals surface area contributed by atoms with Crippen LogP contribution in [-0.2, 0) is 20.9 Å². The molecule has 1 saturated heterocycles. The van der Waals surface area contributed by atoms with Crippen molar-refractivity contribution in [2.75, 3.05) is 0 Å². The molecule has 0 aromatic heterocycles. The summed E-state index contributed by atoms with van der Waals surface area (Å²) in [7, 11) is 0. The van der Waals surface area contributed by atoms with Crippen LogP contribution >= 0.6 is 0 Å². The zero-order valence-corrected chi connectivity index (χ0v) is 9.67. The number of carbonyl (C=O) groups excluding carboxylic acids is 1. The van der Waals surface area contributed by atoms with E-state index < -0.39 is 0 Å². The lowest BCUT2D eigenvalue weighted by atomic mass is 10.1. The molecule has 3 rings (SSSR count). The second-order valence-electron chi connectivity index (χ2n) is 4.88. The predicted octanol–water partition coefficient (Wildman–Crippen LogP) is 2.30. The number of hydrogen-bond acceptors (Lipinski definition) is 3. The second kappa shape index (κ2) is 4.49. The molecule has 0 spiro atoms. The first-order chi connectivity index (χ1) is 8.31. The quantitative estimate of drug-likeness (QED) is 0.750. The van der Waals surface area contributed by atoms with E-state index in [9.17, 15) is 4.79 Å². The van der Waals surface area contributed by atoms with Gasteiger partial charge >= 0.3 is 5.97 Å². The molecule has 0 amide bonds. The zero-order chi connectivity index (χ0) is 11.7. The van der Waals surface area contributed by atoms with E-state index in [1.165, 1.54) is 5.56 Å². The standard InChI is InChI=1S/C14H16O3/c15-14-7-11-6-12(8-13(11)17-14)16-9-10-4-2-1-3-5-10/h1-5,11-13H,6-9H2/t11-,12+,13-/m0/s1. The molecule has 1 heterocycles.